The van der Waals surface area contributed by atoms with Crippen molar-refractivity contribution in [3.05, 3.63) is 59.9 Å². The quantitative estimate of drug-likeness (QED) is 0.853. The number of carbonyl (C=O) groups is 1. The van der Waals surface area contributed by atoms with Gasteiger partial charge in [-0.1, -0.05) is 26.0 Å². The van der Waals surface area contributed by atoms with Crippen LogP contribution >= 0.6 is 0 Å². The smallest absolute Gasteiger partial charge is 0.238 e. The number of hydrogen-bond donors (Lipinski definition) is 1. The molecule has 0 aliphatic heterocycles. The fourth-order valence-electron chi connectivity index (χ4n) is 2.35. The first kappa shape index (κ1) is 17.2. The summed E-state index contributed by atoms with van der Waals surface area (Å²) in [4.78, 5) is 18.1. The predicted molar refractivity (Wildman–Crippen MR) is 94.6 cm³/mol. The molecule has 1 heterocycles. The molecule has 1 amide bonds. The standard InChI is InChI=1S/C19H25N3O/c1-15(2)17-4-6-18(7-5-17)21-19(23)14-22(3)13-10-16-8-11-20-12-9-16/h4-9,11-12,15H,10,13-14H2,1-3H3,(H,21,23). The fraction of sp³-hybridized carbons (Fsp3) is 0.368. The van der Waals surface area contributed by atoms with Gasteiger partial charge < -0.3 is 5.32 Å². The second-order valence-electron chi connectivity index (χ2n) is 6.17. The monoisotopic (exact) mass is 311 g/mol. The molecule has 0 radical (unpaired) electrons. The summed E-state index contributed by atoms with van der Waals surface area (Å²) in [6.07, 6.45) is 4.50. The number of amides is 1. The molecule has 0 saturated heterocycles. The van der Waals surface area contributed by atoms with Crippen LogP contribution in [-0.2, 0) is 11.2 Å². The van der Waals surface area contributed by atoms with E-state index in [1.165, 1.54) is 11.1 Å². The maximum Gasteiger partial charge on any atom is 0.238 e. The third-order valence-electron chi connectivity index (χ3n) is 3.81. The zero-order valence-corrected chi connectivity index (χ0v) is 14.1. The maximum absolute atomic E-state index is 12.1. The highest BCUT2D eigenvalue weighted by Gasteiger charge is 2.07. The Balaban J connectivity index is 1.77. The molecule has 2 aromatic rings. The van der Waals surface area contributed by atoms with Gasteiger partial charge in [-0.05, 0) is 54.8 Å². The second-order valence-corrected chi connectivity index (χ2v) is 6.17. The Labute approximate surface area is 138 Å². The van der Waals surface area contributed by atoms with Crippen molar-refractivity contribution in [3.8, 4) is 0 Å². The summed E-state index contributed by atoms with van der Waals surface area (Å²) in [6.45, 7) is 5.54. The van der Waals surface area contributed by atoms with Gasteiger partial charge in [0.2, 0.25) is 5.91 Å². The normalized spacial score (nSPS) is 11.0. The van der Waals surface area contributed by atoms with Crippen molar-refractivity contribution in [2.45, 2.75) is 26.2 Å². The number of aromatic nitrogens is 1. The number of anilines is 1. The Morgan fingerprint density at radius 3 is 2.39 bits per heavy atom. The van der Waals surface area contributed by atoms with E-state index >= 15 is 0 Å². The summed E-state index contributed by atoms with van der Waals surface area (Å²) >= 11 is 0. The van der Waals surface area contributed by atoms with Gasteiger partial charge in [0, 0.05) is 24.6 Å². The van der Waals surface area contributed by atoms with E-state index in [4.69, 9.17) is 0 Å². The van der Waals surface area contributed by atoms with Gasteiger partial charge in [0.25, 0.3) is 0 Å². The maximum atomic E-state index is 12.1. The lowest BCUT2D eigenvalue weighted by molar-refractivity contribution is -0.117. The Kier molecular flexibility index (Phi) is 6.29. The molecule has 0 aliphatic rings. The van der Waals surface area contributed by atoms with Crippen LogP contribution in [-0.4, -0.2) is 35.9 Å². The summed E-state index contributed by atoms with van der Waals surface area (Å²) < 4.78 is 0. The molecule has 23 heavy (non-hydrogen) atoms. The van der Waals surface area contributed by atoms with Gasteiger partial charge >= 0.3 is 0 Å². The van der Waals surface area contributed by atoms with Gasteiger partial charge in [-0.2, -0.15) is 0 Å². The van der Waals surface area contributed by atoms with Gasteiger partial charge in [-0.3, -0.25) is 14.7 Å². The molecule has 1 aromatic heterocycles. The van der Waals surface area contributed by atoms with Crippen molar-refractivity contribution in [3.63, 3.8) is 0 Å². The fourth-order valence-corrected chi connectivity index (χ4v) is 2.35. The largest absolute Gasteiger partial charge is 0.325 e. The number of pyridine rings is 1. The molecule has 1 N–H and O–H groups in total. The highest BCUT2D eigenvalue weighted by Crippen LogP contribution is 2.17. The van der Waals surface area contributed by atoms with Crippen molar-refractivity contribution in [1.82, 2.24) is 9.88 Å². The molecular weight excluding hydrogens is 286 g/mol. The van der Waals surface area contributed by atoms with Gasteiger partial charge in [-0.25, -0.2) is 0 Å². The van der Waals surface area contributed by atoms with Gasteiger partial charge in [0.1, 0.15) is 0 Å². The molecule has 2 rings (SSSR count). The minimum Gasteiger partial charge on any atom is -0.325 e. The first-order valence-corrected chi connectivity index (χ1v) is 8.02. The molecule has 4 heteroatoms. The van der Waals surface area contributed by atoms with E-state index in [1.54, 1.807) is 12.4 Å². The lowest BCUT2D eigenvalue weighted by Crippen LogP contribution is -2.31. The van der Waals surface area contributed by atoms with Crippen molar-refractivity contribution in [2.75, 3.05) is 25.5 Å². The highest BCUT2D eigenvalue weighted by atomic mass is 16.2. The van der Waals surface area contributed by atoms with Crippen LogP contribution < -0.4 is 5.32 Å². The van der Waals surface area contributed by atoms with E-state index in [0.717, 1.165) is 18.7 Å². The number of likely N-dealkylation sites (N-methyl/N-ethyl adjacent to an activating group) is 1. The molecule has 0 atom stereocenters. The minimum atomic E-state index is 0.0134. The number of hydrogen-bond acceptors (Lipinski definition) is 3. The molecule has 1 aromatic carbocycles. The number of nitrogens with one attached hydrogen (secondary N) is 1. The highest BCUT2D eigenvalue weighted by molar-refractivity contribution is 5.92. The van der Waals surface area contributed by atoms with E-state index < -0.39 is 0 Å². The zero-order valence-electron chi connectivity index (χ0n) is 14.1. The first-order valence-electron chi connectivity index (χ1n) is 8.02. The first-order chi connectivity index (χ1) is 11.0. The number of benzene rings is 1. The molecule has 4 nitrogen and oxygen atoms in total. The zero-order chi connectivity index (χ0) is 16.7. The predicted octanol–water partition coefficient (Wildman–Crippen LogP) is 3.32. The number of rotatable bonds is 7. The third kappa shape index (κ3) is 5.83. The minimum absolute atomic E-state index is 0.0134. The summed E-state index contributed by atoms with van der Waals surface area (Å²) in [7, 11) is 1.96. The molecule has 0 aliphatic carbocycles. The van der Waals surface area contributed by atoms with E-state index in [9.17, 15) is 4.79 Å². The Bertz CT molecular complexity index is 608. The van der Waals surface area contributed by atoms with Crippen LogP contribution in [0.5, 0.6) is 0 Å². The Morgan fingerprint density at radius 2 is 1.78 bits per heavy atom. The molecule has 0 bridgehead atoms. The van der Waals surface area contributed by atoms with E-state index in [1.807, 2.05) is 36.2 Å². The van der Waals surface area contributed by atoms with Gasteiger partial charge in [0.15, 0.2) is 0 Å². The Hall–Kier alpha value is -2.20. The summed E-state index contributed by atoms with van der Waals surface area (Å²) in [5.74, 6) is 0.513. The van der Waals surface area contributed by atoms with E-state index in [-0.39, 0.29) is 5.91 Å². The van der Waals surface area contributed by atoms with Crippen molar-refractivity contribution < 1.29 is 4.79 Å². The third-order valence-corrected chi connectivity index (χ3v) is 3.81. The van der Waals surface area contributed by atoms with Crippen molar-refractivity contribution >= 4 is 11.6 Å². The average molecular weight is 311 g/mol. The van der Waals surface area contributed by atoms with Crippen LogP contribution in [0.1, 0.15) is 30.9 Å². The van der Waals surface area contributed by atoms with E-state index in [2.05, 4.69) is 36.3 Å². The molecule has 0 fully saturated rings. The van der Waals surface area contributed by atoms with Crippen LogP contribution in [0.15, 0.2) is 48.8 Å². The van der Waals surface area contributed by atoms with E-state index in [0.29, 0.717) is 12.5 Å². The molecule has 0 spiro atoms. The lowest BCUT2D eigenvalue weighted by Gasteiger charge is -2.16. The number of nitrogens with zero attached hydrogens (tertiary/aromatic N) is 2. The van der Waals surface area contributed by atoms with Crippen molar-refractivity contribution in [1.29, 1.82) is 0 Å². The Morgan fingerprint density at radius 1 is 1.13 bits per heavy atom. The second kappa shape index (κ2) is 8.44. The average Bonchev–Trinajstić information content (AvgIpc) is 2.54. The van der Waals surface area contributed by atoms with Crippen molar-refractivity contribution in [2.24, 2.45) is 0 Å². The summed E-state index contributed by atoms with van der Waals surface area (Å²) in [5.41, 5.74) is 3.36. The lowest BCUT2D eigenvalue weighted by atomic mass is 10.0. The summed E-state index contributed by atoms with van der Waals surface area (Å²) in [6, 6.07) is 12.1. The van der Waals surface area contributed by atoms with Crippen LogP contribution in [0.3, 0.4) is 0 Å². The molecular formula is C19H25N3O. The molecule has 122 valence electrons. The topological polar surface area (TPSA) is 45.2 Å². The van der Waals surface area contributed by atoms with Gasteiger partial charge in [0.05, 0.1) is 6.54 Å². The number of carbonyl (C=O) groups excluding carboxylic acids is 1. The summed E-state index contributed by atoms with van der Waals surface area (Å²) in [5, 5.41) is 2.95. The van der Waals surface area contributed by atoms with Gasteiger partial charge in [-0.15, -0.1) is 0 Å². The molecule has 0 unspecified atom stereocenters. The van der Waals surface area contributed by atoms with Crippen LogP contribution in [0, 0.1) is 0 Å². The van der Waals surface area contributed by atoms with Crippen LogP contribution in [0.2, 0.25) is 0 Å². The van der Waals surface area contributed by atoms with Crippen LogP contribution in [0.25, 0.3) is 0 Å². The SMILES string of the molecule is CC(C)c1ccc(NC(=O)CN(C)CCc2ccncc2)cc1. The molecule has 0 saturated carbocycles. The van der Waals surface area contributed by atoms with Crippen LogP contribution in [0.4, 0.5) is 5.69 Å².